The molecule has 0 saturated heterocycles. The number of benzene rings is 2. The molecule has 0 radical (unpaired) electrons. The first-order valence-corrected chi connectivity index (χ1v) is 6.94. The maximum atomic E-state index is 12.1. The van der Waals surface area contributed by atoms with Crippen LogP contribution in [0.25, 0.3) is 0 Å². The highest BCUT2D eigenvalue weighted by atomic mass is 16.5. The van der Waals surface area contributed by atoms with Crippen molar-refractivity contribution in [2.24, 2.45) is 0 Å². The number of carbonyl (C=O) groups is 2. The van der Waals surface area contributed by atoms with Crippen molar-refractivity contribution in [3.63, 3.8) is 0 Å². The van der Waals surface area contributed by atoms with Crippen molar-refractivity contribution in [2.75, 3.05) is 5.73 Å². The molecule has 1 unspecified atom stereocenters. The first-order valence-electron chi connectivity index (χ1n) is 6.94. The number of para-hydroxylation sites is 1. The molecule has 0 heterocycles. The van der Waals surface area contributed by atoms with E-state index >= 15 is 0 Å². The summed E-state index contributed by atoms with van der Waals surface area (Å²) in [6.45, 7) is 1.75. The minimum absolute atomic E-state index is 0.174. The second-order valence-corrected chi connectivity index (χ2v) is 4.88. The van der Waals surface area contributed by atoms with Gasteiger partial charge >= 0.3 is 5.97 Å². The van der Waals surface area contributed by atoms with Crippen LogP contribution in [-0.2, 0) is 16.1 Å². The highest BCUT2D eigenvalue weighted by molar-refractivity contribution is 6.00. The number of ether oxygens (including phenoxy) is 1. The van der Waals surface area contributed by atoms with Crippen molar-refractivity contribution in [3.8, 4) is 0 Å². The van der Waals surface area contributed by atoms with Gasteiger partial charge in [0.05, 0.1) is 5.56 Å². The van der Waals surface area contributed by atoms with Gasteiger partial charge in [-0.25, -0.2) is 4.79 Å². The van der Waals surface area contributed by atoms with Crippen molar-refractivity contribution < 1.29 is 14.3 Å². The molecule has 5 nitrogen and oxygen atoms in total. The molecule has 0 fully saturated rings. The number of esters is 1. The molecule has 3 N–H and O–H groups in total. The molecular formula is C17H18N2O3. The van der Waals surface area contributed by atoms with E-state index in [1.54, 1.807) is 31.2 Å². The molecule has 0 spiro atoms. The fourth-order valence-corrected chi connectivity index (χ4v) is 1.89. The van der Waals surface area contributed by atoms with Gasteiger partial charge in [-0.05, 0) is 24.6 Å². The highest BCUT2D eigenvalue weighted by Crippen LogP contribution is 2.10. The molecule has 5 heteroatoms. The molecule has 0 bridgehead atoms. The van der Waals surface area contributed by atoms with Gasteiger partial charge in [-0.15, -0.1) is 0 Å². The molecule has 1 amide bonds. The highest BCUT2D eigenvalue weighted by Gasteiger charge is 2.19. The fourth-order valence-electron chi connectivity index (χ4n) is 1.89. The van der Waals surface area contributed by atoms with Gasteiger partial charge < -0.3 is 15.8 Å². The van der Waals surface area contributed by atoms with E-state index in [0.29, 0.717) is 11.3 Å². The number of rotatable bonds is 5. The van der Waals surface area contributed by atoms with Crippen LogP contribution in [0, 0.1) is 0 Å². The van der Waals surface area contributed by atoms with Gasteiger partial charge in [0.15, 0.2) is 0 Å². The number of nitrogen functional groups attached to an aromatic ring is 1. The van der Waals surface area contributed by atoms with Crippen molar-refractivity contribution >= 4 is 17.6 Å². The summed E-state index contributed by atoms with van der Waals surface area (Å²) >= 11 is 0. The van der Waals surface area contributed by atoms with Gasteiger partial charge in [-0.3, -0.25) is 4.79 Å². The monoisotopic (exact) mass is 298 g/mol. The minimum atomic E-state index is -0.754. The zero-order valence-corrected chi connectivity index (χ0v) is 12.3. The Morgan fingerprint density at radius 1 is 1.09 bits per heavy atom. The number of nitrogens with two attached hydrogens (primary N) is 1. The van der Waals surface area contributed by atoms with Gasteiger partial charge in [0.1, 0.15) is 12.6 Å². The van der Waals surface area contributed by atoms with Gasteiger partial charge in [0, 0.05) is 5.69 Å². The average molecular weight is 298 g/mol. The molecular weight excluding hydrogens is 280 g/mol. The Hall–Kier alpha value is -2.82. The van der Waals surface area contributed by atoms with Crippen LogP contribution >= 0.6 is 0 Å². The van der Waals surface area contributed by atoms with Gasteiger partial charge in [-0.2, -0.15) is 0 Å². The summed E-state index contributed by atoms with van der Waals surface area (Å²) in [4.78, 5) is 24.0. The number of nitrogens with one attached hydrogen (secondary N) is 1. The van der Waals surface area contributed by atoms with Crippen molar-refractivity contribution in [2.45, 2.75) is 19.6 Å². The largest absolute Gasteiger partial charge is 0.459 e. The average Bonchev–Trinajstić information content (AvgIpc) is 2.53. The molecule has 0 aliphatic heterocycles. The van der Waals surface area contributed by atoms with E-state index in [-0.39, 0.29) is 6.61 Å². The SMILES string of the molecule is CC(NC(=O)c1ccccc1N)C(=O)OCc1ccccc1. The Bertz CT molecular complexity index is 656. The standard InChI is InChI=1S/C17H18N2O3/c1-12(17(21)22-11-13-7-3-2-4-8-13)19-16(20)14-9-5-6-10-15(14)18/h2-10,12H,11,18H2,1H3,(H,19,20). The van der Waals surface area contributed by atoms with Crippen LogP contribution in [0.2, 0.25) is 0 Å². The van der Waals surface area contributed by atoms with E-state index in [1.165, 1.54) is 0 Å². The zero-order chi connectivity index (χ0) is 15.9. The lowest BCUT2D eigenvalue weighted by molar-refractivity contribution is -0.146. The van der Waals surface area contributed by atoms with Crippen molar-refractivity contribution in [1.29, 1.82) is 0 Å². The van der Waals surface area contributed by atoms with Crippen molar-refractivity contribution in [3.05, 3.63) is 65.7 Å². The predicted molar refractivity (Wildman–Crippen MR) is 84.0 cm³/mol. The van der Waals surface area contributed by atoms with E-state index in [4.69, 9.17) is 10.5 Å². The zero-order valence-electron chi connectivity index (χ0n) is 12.3. The molecule has 0 aliphatic carbocycles. The molecule has 0 saturated carbocycles. The smallest absolute Gasteiger partial charge is 0.328 e. The van der Waals surface area contributed by atoms with Crippen LogP contribution in [-0.4, -0.2) is 17.9 Å². The molecule has 1 atom stereocenters. The van der Waals surface area contributed by atoms with Crippen LogP contribution < -0.4 is 11.1 Å². The van der Waals surface area contributed by atoms with Crippen LogP contribution in [0.15, 0.2) is 54.6 Å². The molecule has 22 heavy (non-hydrogen) atoms. The first kappa shape index (κ1) is 15.6. The summed E-state index contributed by atoms with van der Waals surface area (Å²) in [5, 5.41) is 2.58. The predicted octanol–water partition coefficient (Wildman–Crippen LogP) is 2.13. The molecule has 2 rings (SSSR count). The summed E-state index contributed by atoms with van der Waals surface area (Å²) in [7, 11) is 0. The lowest BCUT2D eigenvalue weighted by Gasteiger charge is -2.14. The number of carbonyl (C=O) groups excluding carboxylic acids is 2. The maximum Gasteiger partial charge on any atom is 0.328 e. The van der Waals surface area contributed by atoms with Gasteiger partial charge in [0.25, 0.3) is 5.91 Å². The third-order valence-corrected chi connectivity index (χ3v) is 3.13. The van der Waals surface area contributed by atoms with E-state index in [1.807, 2.05) is 30.3 Å². The van der Waals surface area contributed by atoms with Gasteiger partial charge in [0.2, 0.25) is 0 Å². The maximum absolute atomic E-state index is 12.1. The van der Waals surface area contributed by atoms with Crippen LogP contribution in [0.5, 0.6) is 0 Å². The van der Waals surface area contributed by atoms with E-state index in [0.717, 1.165) is 5.56 Å². The van der Waals surface area contributed by atoms with Crippen molar-refractivity contribution in [1.82, 2.24) is 5.32 Å². The third-order valence-electron chi connectivity index (χ3n) is 3.13. The van der Waals surface area contributed by atoms with E-state index < -0.39 is 17.9 Å². The molecule has 0 aliphatic rings. The Morgan fingerprint density at radius 3 is 2.41 bits per heavy atom. The van der Waals surface area contributed by atoms with E-state index in [9.17, 15) is 9.59 Å². The Balaban J connectivity index is 1.89. The Labute approximate surface area is 129 Å². The molecule has 2 aromatic rings. The minimum Gasteiger partial charge on any atom is -0.459 e. The summed E-state index contributed by atoms with van der Waals surface area (Å²) in [6.07, 6.45) is 0. The number of amides is 1. The fraction of sp³-hybridized carbons (Fsp3) is 0.176. The van der Waals surface area contributed by atoms with Crippen LogP contribution in [0.3, 0.4) is 0 Å². The summed E-state index contributed by atoms with van der Waals surface area (Å²) < 4.78 is 5.17. The quantitative estimate of drug-likeness (QED) is 0.654. The topological polar surface area (TPSA) is 81.4 Å². The second kappa shape index (κ2) is 7.26. The lowest BCUT2D eigenvalue weighted by atomic mass is 10.1. The first-order chi connectivity index (χ1) is 10.6. The summed E-state index contributed by atoms with van der Waals surface area (Å²) in [6, 6.07) is 15.3. The van der Waals surface area contributed by atoms with E-state index in [2.05, 4.69) is 5.32 Å². The third kappa shape index (κ3) is 4.09. The summed E-state index contributed by atoms with van der Waals surface area (Å²) in [5.74, 6) is -0.894. The number of anilines is 1. The normalized spacial score (nSPS) is 11.5. The number of hydrogen-bond donors (Lipinski definition) is 2. The molecule has 0 aromatic heterocycles. The summed E-state index contributed by atoms with van der Waals surface area (Å²) in [5.41, 5.74) is 7.33. The second-order valence-electron chi connectivity index (χ2n) is 4.88. The van der Waals surface area contributed by atoms with Crippen LogP contribution in [0.1, 0.15) is 22.8 Å². The molecule has 114 valence electrons. The lowest BCUT2D eigenvalue weighted by Crippen LogP contribution is -2.39. The van der Waals surface area contributed by atoms with Gasteiger partial charge in [-0.1, -0.05) is 42.5 Å². The Morgan fingerprint density at radius 2 is 1.73 bits per heavy atom. The molecule has 2 aromatic carbocycles. The number of hydrogen-bond acceptors (Lipinski definition) is 4. The Kier molecular flexibility index (Phi) is 5.14. The van der Waals surface area contributed by atoms with Crippen LogP contribution in [0.4, 0.5) is 5.69 Å².